The first-order valence-corrected chi connectivity index (χ1v) is 13.2. The number of anilines is 1. The number of sulfonamides is 2. The predicted molar refractivity (Wildman–Crippen MR) is 121 cm³/mol. The zero-order valence-corrected chi connectivity index (χ0v) is 19.3. The van der Waals surface area contributed by atoms with Gasteiger partial charge in [-0.25, -0.2) is 16.8 Å². The highest BCUT2D eigenvalue weighted by atomic mass is 32.2. The maximum absolute atomic E-state index is 12.8. The summed E-state index contributed by atoms with van der Waals surface area (Å²) in [4.78, 5) is -0.00985. The molecule has 33 heavy (non-hydrogen) atoms. The minimum atomic E-state index is -3.92. The Hall–Kier alpha value is -2.93. The molecule has 1 aromatic heterocycles. The minimum absolute atomic E-state index is 0.0379. The third-order valence-corrected chi connectivity index (χ3v) is 8.29. The van der Waals surface area contributed by atoms with E-state index < -0.39 is 20.0 Å². The van der Waals surface area contributed by atoms with Crippen LogP contribution in [0, 0.1) is 0 Å². The van der Waals surface area contributed by atoms with Crippen molar-refractivity contribution in [2.75, 3.05) is 37.6 Å². The summed E-state index contributed by atoms with van der Waals surface area (Å²) in [7, 11) is -7.62. The standard InChI is InChI=1S/C21H24N4O6S2/c26-32(27,20-5-7-21(8-6-20)33(28,29)25-12-14-30-15-13-25)23-18-3-1-4-19(17-18)31-16-11-24-10-2-9-22-24/h1-10,17,23H,11-16H2. The van der Waals surface area contributed by atoms with Gasteiger partial charge in [0.1, 0.15) is 12.4 Å². The quantitative estimate of drug-likeness (QED) is 0.483. The number of nitrogens with one attached hydrogen (secondary N) is 1. The third-order valence-electron chi connectivity index (χ3n) is 4.98. The number of benzene rings is 2. The van der Waals surface area contributed by atoms with Crippen molar-refractivity contribution < 1.29 is 26.3 Å². The fourth-order valence-electron chi connectivity index (χ4n) is 3.28. The van der Waals surface area contributed by atoms with Crippen molar-refractivity contribution in [2.24, 2.45) is 0 Å². The van der Waals surface area contributed by atoms with E-state index in [9.17, 15) is 16.8 Å². The van der Waals surface area contributed by atoms with Crippen molar-refractivity contribution in [3.05, 3.63) is 67.0 Å². The molecule has 2 aromatic carbocycles. The molecule has 1 aliphatic heterocycles. The molecule has 0 aliphatic carbocycles. The molecule has 2 heterocycles. The lowest BCUT2D eigenvalue weighted by molar-refractivity contribution is 0.0730. The number of hydrogen-bond acceptors (Lipinski definition) is 7. The first-order chi connectivity index (χ1) is 15.8. The van der Waals surface area contributed by atoms with E-state index in [0.717, 1.165) is 0 Å². The van der Waals surface area contributed by atoms with Crippen molar-refractivity contribution in [1.82, 2.24) is 14.1 Å². The molecule has 1 saturated heterocycles. The third kappa shape index (κ3) is 5.71. The summed E-state index contributed by atoms with van der Waals surface area (Å²) in [5, 5.41) is 4.09. The van der Waals surface area contributed by atoms with Gasteiger partial charge in [0, 0.05) is 31.5 Å². The fourth-order valence-corrected chi connectivity index (χ4v) is 5.74. The highest BCUT2D eigenvalue weighted by Crippen LogP contribution is 2.23. The zero-order chi connectivity index (χ0) is 23.3. The number of ether oxygens (including phenoxy) is 2. The van der Waals surface area contributed by atoms with Crippen LogP contribution in [0.15, 0.2) is 76.8 Å². The van der Waals surface area contributed by atoms with Gasteiger partial charge in [0.25, 0.3) is 10.0 Å². The van der Waals surface area contributed by atoms with E-state index in [2.05, 4.69) is 9.82 Å². The molecule has 0 unspecified atom stereocenters. The summed E-state index contributed by atoms with van der Waals surface area (Å²) < 4.78 is 67.5. The van der Waals surface area contributed by atoms with Gasteiger partial charge >= 0.3 is 0 Å². The van der Waals surface area contributed by atoms with Gasteiger partial charge in [-0.3, -0.25) is 9.40 Å². The second kappa shape index (κ2) is 9.91. The Morgan fingerprint density at radius 3 is 2.39 bits per heavy atom. The molecule has 10 nitrogen and oxygen atoms in total. The maximum Gasteiger partial charge on any atom is 0.261 e. The lowest BCUT2D eigenvalue weighted by Crippen LogP contribution is -2.40. The number of aromatic nitrogens is 2. The van der Waals surface area contributed by atoms with Gasteiger partial charge in [-0.15, -0.1) is 0 Å². The number of hydrogen-bond donors (Lipinski definition) is 1. The summed E-state index contributed by atoms with van der Waals surface area (Å²) in [5.74, 6) is 0.509. The van der Waals surface area contributed by atoms with Crippen LogP contribution in [0.5, 0.6) is 5.75 Å². The molecular weight excluding hydrogens is 468 g/mol. The van der Waals surface area contributed by atoms with Gasteiger partial charge < -0.3 is 9.47 Å². The van der Waals surface area contributed by atoms with Crippen LogP contribution in [-0.2, 0) is 31.3 Å². The Bertz CT molecular complexity index is 1270. The molecule has 0 spiro atoms. The highest BCUT2D eigenvalue weighted by molar-refractivity contribution is 7.92. The SMILES string of the molecule is O=S(=O)(Nc1cccc(OCCn2cccn2)c1)c1ccc(S(=O)(=O)N2CCOCC2)cc1. The molecule has 0 saturated carbocycles. The first-order valence-electron chi connectivity index (χ1n) is 10.3. The van der Waals surface area contributed by atoms with Crippen LogP contribution < -0.4 is 9.46 Å². The minimum Gasteiger partial charge on any atom is -0.492 e. The average Bonchev–Trinajstić information content (AvgIpc) is 3.33. The van der Waals surface area contributed by atoms with E-state index in [-0.39, 0.29) is 22.9 Å². The molecule has 3 aromatic rings. The number of nitrogens with zero attached hydrogens (tertiary/aromatic N) is 3. The maximum atomic E-state index is 12.8. The Morgan fingerprint density at radius 2 is 1.70 bits per heavy atom. The van der Waals surface area contributed by atoms with Gasteiger partial charge in [0.2, 0.25) is 10.0 Å². The van der Waals surface area contributed by atoms with Gasteiger partial charge in [0.05, 0.1) is 35.2 Å². The molecule has 0 radical (unpaired) electrons. The highest BCUT2D eigenvalue weighted by Gasteiger charge is 2.26. The molecule has 0 amide bonds. The lowest BCUT2D eigenvalue weighted by Gasteiger charge is -2.26. The predicted octanol–water partition coefficient (Wildman–Crippen LogP) is 1.78. The van der Waals surface area contributed by atoms with Crippen molar-refractivity contribution in [2.45, 2.75) is 16.3 Å². The second-order valence-electron chi connectivity index (χ2n) is 7.24. The summed E-state index contributed by atoms with van der Waals surface area (Å²) in [6, 6.07) is 13.6. The Labute approximate surface area is 192 Å². The van der Waals surface area contributed by atoms with Crippen LogP contribution in [0.2, 0.25) is 0 Å². The topological polar surface area (TPSA) is 120 Å². The summed E-state index contributed by atoms with van der Waals surface area (Å²) in [6.45, 7) is 2.14. The Morgan fingerprint density at radius 1 is 0.970 bits per heavy atom. The van der Waals surface area contributed by atoms with Gasteiger partial charge in [-0.2, -0.15) is 9.40 Å². The zero-order valence-electron chi connectivity index (χ0n) is 17.7. The molecule has 1 N–H and O–H groups in total. The van der Waals surface area contributed by atoms with Crippen LogP contribution in [-0.4, -0.2) is 63.8 Å². The van der Waals surface area contributed by atoms with Gasteiger partial charge in [-0.1, -0.05) is 6.07 Å². The molecule has 1 aliphatic rings. The number of rotatable bonds is 9. The van der Waals surface area contributed by atoms with Gasteiger partial charge in [-0.05, 0) is 42.5 Å². The van der Waals surface area contributed by atoms with E-state index in [1.165, 1.54) is 28.6 Å². The largest absolute Gasteiger partial charge is 0.492 e. The van der Waals surface area contributed by atoms with Crippen molar-refractivity contribution >= 4 is 25.7 Å². The Balaban J connectivity index is 1.42. The van der Waals surface area contributed by atoms with E-state index in [0.29, 0.717) is 37.8 Å². The van der Waals surface area contributed by atoms with Gasteiger partial charge in [0.15, 0.2) is 0 Å². The first kappa shape index (κ1) is 23.2. The number of morpholine rings is 1. The second-order valence-corrected chi connectivity index (χ2v) is 10.9. The molecule has 12 heteroatoms. The van der Waals surface area contributed by atoms with E-state index in [4.69, 9.17) is 9.47 Å². The average molecular weight is 493 g/mol. The lowest BCUT2D eigenvalue weighted by atomic mass is 10.3. The normalized spacial score (nSPS) is 15.3. The van der Waals surface area contributed by atoms with E-state index in [1.807, 2.05) is 12.3 Å². The summed E-state index contributed by atoms with van der Waals surface area (Å²) >= 11 is 0. The molecule has 0 bridgehead atoms. The molecule has 176 valence electrons. The van der Waals surface area contributed by atoms with Crippen LogP contribution in [0.1, 0.15) is 0 Å². The van der Waals surface area contributed by atoms with Crippen LogP contribution in [0.4, 0.5) is 5.69 Å². The van der Waals surface area contributed by atoms with Crippen LogP contribution >= 0.6 is 0 Å². The van der Waals surface area contributed by atoms with E-state index >= 15 is 0 Å². The molecule has 1 fully saturated rings. The molecule has 4 rings (SSSR count). The van der Waals surface area contributed by atoms with Crippen LogP contribution in [0.25, 0.3) is 0 Å². The van der Waals surface area contributed by atoms with Crippen molar-refractivity contribution in [1.29, 1.82) is 0 Å². The summed E-state index contributed by atoms with van der Waals surface area (Å²) in [5.41, 5.74) is 0.330. The molecule has 0 atom stereocenters. The smallest absolute Gasteiger partial charge is 0.261 e. The van der Waals surface area contributed by atoms with E-state index in [1.54, 1.807) is 35.1 Å². The van der Waals surface area contributed by atoms with Crippen LogP contribution in [0.3, 0.4) is 0 Å². The monoisotopic (exact) mass is 492 g/mol. The fraction of sp³-hybridized carbons (Fsp3) is 0.286. The summed E-state index contributed by atoms with van der Waals surface area (Å²) in [6.07, 6.45) is 3.51. The molecular formula is C21H24N4O6S2. The van der Waals surface area contributed by atoms with Crippen molar-refractivity contribution in [3.63, 3.8) is 0 Å². The Kier molecular flexibility index (Phi) is 6.98. The van der Waals surface area contributed by atoms with Crippen molar-refractivity contribution in [3.8, 4) is 5.75 Å².